The second-order valence-corrected chi connectivity index (χ2v) is 8.06. The number of methoxy groups -OCH3 is 2. The maximum atomic E-state index is 12.8. The van der Waals surface area contributed by atoms with Crippen LogP contribution in [0.1, 0.15) is 15.9 Å². The summed E-state index contributed by atoms with van der Waals surface area (Å²) in [6.45, 7) is 0.348. The number of benzene rings is 3. The molecule has 162 valence electrons. The van der Waals surface area contributed by atoms with Crippen molar-refractivity contribution in [1.29, 1.82) is 0 Å². The molecule has 0 radical (unpaired) electrons. The summed E-state index contributed by atoms with van der Waals surface area (Å²) < 4.78 is 39.6. The van der Waals surface area contributed by atoms with Gasteiger partial charge in [-0.3, -0.25) is 4.79 Å². The Balaban J connectivity index is 1.81. The van der Waals surface area contributed by atoms with Gasteiger partial charge in [0, 0.05) is 5.56 Å². The number of anilines is 1. The number of rotatable bonds is 8. The molecule has 3 aromatic carbocycles. The molecule has 0 heterocycles. The highest BCUT2D eigenvalue weighted by Crippen LogP contribution is 2.31. The Morgan fingerprint density at radius 1 is 0.903 bits per heavy atom. The van der Waals surface area contributed by atoms with Crippen LogP contribution in [0.25, 0.3) is 0 Å². The van der Waals surface area contributed by atoms with Crippen molar-refractivity contribution < 1.29 is 27.4 Å². The fourth-order valence-corrected chi connectivity index (χ4v) is 3.36. The zero-order valence-corrected chi connectivity index (χ0v) is 17.8. The molecule has 0 atom stereocenters. The summed E-state index contributed by atoms with van der Waals surface area (Å²) in [7, 11) is -1.06. The van der Waals surface area contributed by atoms with Crippen LogP contribution in [0.15, 0.2) is 71.6 Å². The molecule has 0 unspecified atom stereocenters. The number of ether oxygens (including phenoxy) is 3. The van der Waals surface area contributed by atoms with Crippen LogP contribution >= 0.6 is 0 Å². The summed E-state index contributed by atoms with van der Waals surface area (Å²) in [4.78, 5) is 12.6. The molecule has 0 saturated heterocycles. The van der Waals surface area contributed by atoms with Gasteiger partial charge in [-0.2, -0.15) is 0 Å². The minimum Gasteiger partial charge on any atom is -0.495 e. The van der Waals surface area contributed by atoms with E-state index in [-0.39, 0.29) is 21.9 Å². The maximum Gasteiger partial charge on any atom is 0.255 e. The summed E-state index contributed by atoms with van der Waals surface area (Å²) in [5.74, 6) is 0.666. The van der Waals surface area contributed by atoms with Gasteiger partial charge in [-0.05, 0) is 42.0 Å². The maximum absolute atomic E-state index is 12.8. The molecular formula is C22H22N2O6S. The van der Waals surface area contributed by atoms with E-state index in [0.717, 1.165) is 5.56 Å². The van der Waals surface area contributed by atoms with Crippen molar-refractivity contribution >= 4 is 21.6 Å². The fraction of sp³-hybridized carbons (Fsp3) is 0.136. The van der Waals surface area contributed by atoms with E-state index in [0.29, 0.717) is 18.1 Å². The molecule has 9 heteroatoms. The molecule has 1 amide bonds. The second kappa shape index (κ2) is 9.50. The van der Waals surface area contributed by atoms with E-state index in [4.69, 9.17) is 19.3 Å². The second-order valence-electron chi connectivity index (χ2n) is 6.50. The van der Waals surface area contributed by atoms with Crippen LogP contribution in [0.3, 0.4) is 0 Å². The first-order valence-electron chi connectivity index (χ1n) is 9.19. The largest absolute Gasteiger partial charge is 0.495 e. The van der Waals surface area contributed by atoms with Gasteiger partial charge in [0.15, 0.2) is 11.5 Å². The van der Waals surface area contributed by atoms with E-state index in [1.165, 1.54) is 38.5 Å². The average Bonchev–Trinajstić information content (AvgIpc) is 2.77. The number of carbonyl (C=O) groups is 1. The van der Waals surface area contributed by atoms with Crippen molar-refractivity contribution in [3.8, 4) is 17.2 Å². The Labute approximate surface area is 180 Å². The van der Waals surface area contributed by atoms with Gasteiger partial charge in [-0.25, -0.2) is 13.6 Å². The number of nitrogens with two attached hydrogens (primary N) is 1. The minimum atomic E-state index is -3.94. The van der Waals surface area contributed by atoms with Gasteiger partial charge in [-0.1, -0.05) is 30.3 Å². The van der Waals surface area contributed by atoms with Gasteiger partial charge in [0.05, 0.1) is 24.8 Å². The van der Waals surface area contributed by atoms with Crippen LogP contribution < -0.4 is 24.7 Å². The Kier molecular flexibility index (Phi) is 6.78. The van der Waals surface area contributed by atoms with Gasteiger partial charge in [0.25, 0.3) is 5.91 Å². The van der Waals surface area contributed by atoms with Crippen molar-refractivity contribution in [3.63, 3.8) is 0 Å². The van der Waals surface area contributed by atoms with Crippen LogP contribution in [0.4, 0.5) is 5.69 Å². The summed E-state index contributed by atoms with van der Waals surface area (Å²) >= 11 is 0. The predicted molar refractivity (Wildman–Crippen MR) is 116 cm³/mol. The predicted octanol–water partition coefficient (Wildman–Crippen LogP) is 3.18. The molecule has 0 fully saturated rings. The molecule has 3 N–H and O–H groups in total. The normalized spacial score (nSPS) is 10.9. The number of sulfonamides is 1. The van der Waals surface area contributed by atoms with Crippen molar-refractivity contribution in [2.75, 3.05) is 19.5 Å². The lowest BCUT2D eigenvalue weighted by Crippen LogP contribution is -2.15. The fourth-order valence-electron chi connectivity index (χ4n) is 2.82. The first-order chi connectivity index (χ1) is 14.8. The van der Waals surface area contributed by atoms with E-state index in [1.807, 2.05) is 30.3 Å². The highest BCUT2D eigenvalue weighted by Gasteiger charge is 2.16. The summed E-state index contributed by atoms with van der Waals surface area (Å²) in [5.41, 5.74) is 1.45. The number of hydrogen-bond donors (Lipinski definition) is 2. The van der Waals surface area contributed by atoms with Gasteiger partial charge < -0.3 is 19.5 Å². The molecule has 3 aromatic rings. The van der Waals surface area contributed by atoms with Gasteiger partial charge in [-0.15, -0.1) is 0 Å². The van der Waals surface area contributed by atoms with E-state index in [1.54, 1.807) is 12.1 Å². The van der Waals surface area contributed by atoms with Crippen molar-refractivity contribution in [2.45, 2.75) is 11.5 Å². The van der Waals surface area contributed by atoms with Crippen molar-refractivity contribution in [3.05, 3.63) is 77.9 Å². The molecule has 8 nitrogen and oxygen atoms in total. The summed E-state index contributed by atoms with van der Waals surface area (Å²) in [6, 6.07) is 18.3. The number of amides is 1. The summed E-state index contributed by atoms with van der Waals surface area (Å²) in [6.07, 6.45) is 0. The van der Waals surface area contributed by atoms with E-state index in [9.17, 15) is 13.2 Å². The lowest BCUT2D eigenvalue weighted by atomic mass is 10.1. The lowest BCUT2D eigenvalue weighted by molar-refractivity contribution is 0.102. The Hall–Kier alpha value is -3.56. The first-order valence-corrected chi connectivity index (χ1v) is 10.7. The Morgan fingerprint density at radius 2 is 1.58 bits per heavy atom. The van der Waals surface area contributed by atoms with Crippen LogP contribution in [0.2, 0.25) is 0 Å². The highest BCUT2D eigenvalue weighted by molar-refractivity contribution is 7.89. The van der Waals surface area contributed by atoms with Gasteiger partial charge in [0.1, 0.15) is 12.4 Å². The molecule has 31 heavy (non-hydrogen) atoms. The SMILES string of the molecule is COc1ccc(S(N)(=O)=O)cc1NC(=O)c1ccc(OCc2ccccc2)c(OC)c1. The van der Waals surface area contributed by atoms with Crippen LogP contribution in [0, 0.1) is 0 Å². The zero-order chi connectivity index (χ0) is 22.4. The molecule has 0 aromatic heterocycles. The molecule has 0 saturated carbocycles. The highest BCUT2D eigenvalue weighted by atomic mass is 32.2. The van der Waals surface area contributed by atoms with Crippen LogP contribution in [-0.4, -0.2) is 28.5 Å². The first kappa shape index (κ1) is 22.1. The van der Waals surface area contributed by atoms with Gasteiger partial charge in [0.2, 0.25) is 10.0 Å². The zero-order valence-electron chi connectivity index (χ0n) is 17.0. The topological polar surface area (TPSA) is 117 Å². The van der Waals surface area contributed by atoms with Crippen molar-refractivity contribution in [2.24, 2.45) is 5.14 Å². The third-order valence-corrected chi connectivity index (χ3v) is 5.32. The number of hydrogen-bond acceptors (Lipinski definition) is 6. The average molecular weight is 442 g/mol. The van der Waals surface area contributed by atoms with Gasteiger partial charge >= 0.3 is 0 Å². The molecule has 0 aliphatic rings. The van der Waals surface area contributed by atoms with E-state index >= 15 is 0 Å². The number of primary sulfonamides is 1. The molecule has 0 spiro atoms. The molecule has 0 bridgehead atoms. The molecule has 3 rings (SSSR count). The third kappa shape index (κ3) is 5.53. The Morgan fingerprint density at radius 3 is 2.23 bits per heavy atom. The third-order valence-electron chi connectivity index (χ3n) is 4.41. The standard InChI is InChI=1S/C22H22N2O6S/c1-28-19-11-9-17(31(23,26)27)13-18(19)24-22(25)16-8-10-20(21(12-16)29-2)30-14-15-6-4-3-5-7-15/h3-13H,14H2,1-2H3,(H,24,25)(H2,23,26,27). The quantitative estimate of drug-likeness (QED) is 0.553. The minimum absolute atomic E-state index is 0.147. The number of nitrogens with one attached hydrogen (secondary N) is 1. The lowest BCUT2D eigenvalue weighted by Gasteiger charge is -2.14. The summed E-state index contributed by atoms with van der Waals surface area (Å²) in [5, 5.41) is 7.81. The molecule has 0 aliphatic carbocycles. The van der Waals surface area contributed by atoms with Crippen molar-refractivity contribution in [1.82, 2.24) is 0 Å². The van der Waals surface area contributed by atoms with E-state index in [2.05, 4.69) is 5.32 Å². The Bertz CT molecular complexity index is 1180. The molecule has 0 aliphatic heterocycles. The number of carbonyl (C=O) groups excluding carboxylic acids is 1. The molecular weight excluding hydrogens is 420 g/mol. The smallest absolute Gasteiger partial charge is 0.255 e. The monoisotopic (exact) mass is 442 g/mol. The van der Waals surface area contributed by atoms with Crippen LogP contribution in [-0.2, 0) is 16.6 Å². The van der Waals surface area contributed by atoms with Crippen LogP contribution in [0.5, 0.6) is 17.2 Å². The van der Waals surface area contributed by atoms with E-state index < -0.39 is 15.9 Å².